The zero-order valence-corrected chi connectivity index (χ0v) is 16.6. The third-order valence-corrected chi connectivity index (χ3v) is 4.81. The van der Waals surface area contributed by atoms with E-state index in [0.717, 1.165) is 38.9 Å². The zero-order valence-electron chi connectivity index (χ0n) is 15.9. The first-order valence-electron chi connectivity index (χ1n) is 8.91. The lowest BCUT2D eigenvalue weighted by atomic mass is 10.1. The van der Waals surface area contributed by atoms with Gasteiger partial charge in [0, 0.05) is 22.8 Å². The molecule has 0 aliphatic rings. The minimum Gasteiger partial charge on any atom is -0.493 e. The minimum atomic E-state index is 0.491. The number of hydrogen-bond acceptors (Lipinski definition) is 3. The standard InChI is InChI=1S/C23H24ClNO2/c1-16-6-4-7-18(12-16)15-27-23-19(8-5-9-22(23)26-3)14-25-20-11-10-17(2)21(24)13-20/h4-13,25H,14-15H2,1-3H3. The quantitative estimate of drug-likeness (QED) is 0.531. The molecule has 3 rings (SSSR count). The molecule has 0 aliphatic carbocycles. The molecule has 0 radical (unpaired) electrons. The molecule has 0 saturated heterocycles. The Morgan fingerprint density at radius 2 is 1.78 bits per heavy atom. The number of rotatable bonds is 7. The van der Waals surface area contributed by atoms with E-state index >= 15 is 0 Å². The first-order chi connectivity index (χ1) is 13.1. The van der Waals surface area contributed by atoms with Gasteiger partial charge < -0.3 is 14.8 Å². The fourth-order valence-corrected chi connectivity index (χ4v) is 3.06. The molecule has 0 saturated carbocycles. The number of halogens is 1. The van der Waals surface area contributed by atoms with E-state index in [4.69, 9.17) is 21.1 Å². The first kappa shape index (κ1) is 19.1. The van der Waals surface area contributed by atoms with Crippen molar-refractivity contribution in [2.24, 2.45) is 0 Å². The summed E-state index contributed by atoms with van der Waals surface area (Å²) in [5.74, 6) is 1.48. The molecule has 0 unspecified atom stereocenters. The molecule has 140 valence electrons. The highest BCUT2D eigenvalue weighted by Gasteiger charge is 2.11. The molecule has 0 heterocycles. The molecule has 0 aliphatic heterocycles. The molecule has 3 aromatic rings. The molecule has 0 spiro atoms. The van der Waals surface area contributed by atoms with Gasteiger partial charge in [-0.1, -0.05) is 59.6 Å². The van der Waals surface area contributed by atoms with E-state index < -0.39 is 0 Å². The van der Waals surface area contributed by atoms with Gasteiger partial charge in [0.15, 0.2) is 11.5 Å². The van der Waals surface area contributed by atoms with E-state index in [-0.39, 0.29) is 0 Å². The molecule has 4 heteroatoms. The fraction of sp³-hybridized carbons (Fsp3) is 0.217. The Kier molecular flexibility index (Phi) is 6.25. The molecule has 3 nitrogen and oxygen atoms in total. The molecule has 0 fully saturated rings. The maximum absolute atomic E-state index is 6.22. The van der Waals surface area contributed by atoms with Gasteiger partial charge in [-0.2, -0.15) is 0 Å². The smallest absolute Gasteiger partial charge is 0.166 e. The van der Waals surface area contributed by atoms with Crippen molar-refractivity contribution in [1.82, 2.24) is 0 Å². The highest BCUT2D eigenvalue weighted by Crippen LogP contribution is 2.32. The highest BCUT2D eigenvalue weighted by molar-refractivity contribution is 6.31. The summed E-state index contributed by atoms with van der Waals surface area (Å²) >= 11 is 6.22. The number of anilines is 1. The van der Waals surface area contributed by atoms with Gasteiger partial charge in [0.05, 0.1) is 7.11 Å². The van der Waals surface area contributed by atoms with Crippen molar-refractivity contribution in [1.29, 1.82) is 0 Å². The number of methoxy groups -OCH3 is 1. The molecule has 0 amide bonds. The van der Waals surface area contributed by atoms with Crippen LogP contribution in [-0.4, -0.2) is 7.11 Å². The third-order valence-electron chi connectivity index (χ3n) is 4.40. The lowest BCUT2D eigenvalue weighted by molar-refractivity contribution is 0.281. The number of aryl methyl sites for hydroxylation is 2. The van der Waals surface area contributed by atoms with Crippen LogP contribution in [0.1, 0.15) is 22.3 Å². The number of nitrogens with one attached hydrogen (secondary N) is 1. The average Bonchev–Trinajstić information content (AvgIpc) is 2.67. The van der Waals surface area contributed by atoms with Crippen molar-refractivity contribution in [2.75, 3.05) is 12.4 Å². The molecule has 3 aromatic carbocycles. The van der Waals surface area contributed by atoms with Gasteiger partial charge in [0.2, 0.25) is 0 Å². The third kappa shape index (κ3) is 4.95. The second-order valence-corrected chi connectivity index (χ2v) is 6.95. The van der Waals surface area contributed by atoms with Crippen LogP contribution in [0.4, 0.5) is 5.69 Å². The van der Waals surface area contributed by atoms with E-state index in [0.29, 0.717) is 13.2 Å². The van der Waals surface area contributed by atoms with Crippen LogP contribution in [-0.2, 0) is 13.2 Å². The van der Waals surface area contributed by atoms with Gasteiger partial charge in [-0.05, 0) is 43.2 Å². The van der Waals surface area contributed by atoms with Crippen molar-refractivity contribution in [3.63, 3.8) is 0 Å². The summed E-state index contributed by atoms with van der Waals surface area (Å²) in [4.78, 5) is 0. The number of para-hydroxylation sites is 1. The van der Waals surface area contributed by atoms with Crippen LogP contribution in [0.2, 0.25) is 5.02 Å². The Labute approximate surface area is 165 Å². The molecule has 1 N–H and O–H groups in total. The van der Waals surface area contributed by atoms with Crippen molar-refractivity contribution in [3.05, 3.63) is 87.9 Å². The lowest BCUT2D eigenvalue weighted by Crippen LogP contribution is -2.05. The maximum atomic E-state index is 6.22. The molecular formula is C23H24ClNO2. The average molecular weight is 382 g/mol. The minimum absolute atomic E-state index is 0.491. The predicted octanol–water partition coefficient (Wildman–Crippen LogP) is 6.16. The number of ether oxygens (including phenoxy) is 2. The fourth-order valence-electron chi connectivity index (χ4n) is 2.88. The maximum Gasteiger partial charge on any atom is 0.166 e. The van der Waals surface area contributed by atoms with Crippen LogP contribution >= 0.6 is 11.6 Å². The summed E-state index contributed by atoms with van der Waals surface area (Å²) < 4.78 is 11.7. The number of benzene rings is 3. The van der Waals surface area contributed by atoms with Gasteiger partial charge in [0.1, 0.15) is 6.61 Å². The molecule has 0 bridgehead atoms. The second kappa shape index (κ2) is 8.83. The molecule has 0 atom stereocenters. The van der Waals surface area contributed by atoms with E-state index in [1.807, 2.05) is 49.4 Å². The van der Waals surface area contributed by atoms with Crippen LogP contribution in [0.5, 0.6) is 11.5 Å². The highest BCUT2D eigenvalue weighted by atomic mass is 35.5. The van der Waals surface area contributed by atoms with Crippen molar-refractivity contribution in [3.8, 4) is 11.5 Å². The summed E-state index contributed by atoms with van der Waals surface area (Å²) in [5.41, 5.74) is 5.40. The van der Waals surface area contributed by atoms with E-state index in [1.165, 1.54) is 5.56 Å². The van der Waals surface area contributed by atoms with Gasteiger partial charge >= 0.3 is 0 Å². The van der Waals surface area contributed by atoms with Crippen LogP contribution in [0.15, 0.2) is 60.7 Å². The number of hydrogen-bond donors (Lipinski definition) is 1. The topological polar surface area (TPSA) is 30.5 Å². The molecule has 27 heavy (non-hydrogen) atoms. The second-order valence-electron chi connectivity index (χ2n) is 6.54. The van der Waals surface area contributed by atoms with Crippen molar-refractivity contribution < 1.29 is 9.47 Å². The summed E-state index contributed by atoms with van der Waals surface area (Å²) in [6, 6.07) is 20.2. The van der Waals surface area contributed by atoms with Crippen molar-refractivity contribution in [2.45, 2.75) is 27.0 Å². The van der Waals surface area contributed by atoms with Gasteiger partial charge in [0.25, 0.3) is 0 Å². The molecule has 0 aromatic heterocycles. The zero-order chi connectivity index (χ0) is 19.2. The van der Waals surface area contributed by atoms with Crippen LogP contribution in [0.25, 0.3) is 0 Å². The summed E-state index contributed by atoms with van der Waals surface area (Å²) in [6.07, 6.45) is 0. The van der Waals surface area contributed by atoms with E-state index in [2.05, 4.69) is 30.4 Å². The normalized spacial score (nSPS) is 10.5. The Bertz CT molecular complexity index is 924. The van der Waals surface area contributed by atoms with Crippen LogP contribution in [0, 0.1) is 13.8 Å². The Balaban J connectivity index is 1.77. The Morgan fingerprint density at radius 3 is 2.52 bits per heavy atom. The van der Waals surface area contributed by atoms with Gasteiger partial charge in [-0.3, -0.25) is 0 Å². The van der Waals surface area contributed by atoms with Crippen LogP contribution < -0.4 is 14.8 Å². The largest absolute Gasteiger partial charge is 0.493 e. The van der Waals surface area contributed by atoms with Gasteiger partial charge in [-0.15, -0.1) is 0 Å². The summed E-state index contributed by atoms with van der Waals surface area (Å²) in [6.45, 7) is 5.17. The lowest BCUT2D eigenvalue weighted by Gasteiger charge is -2.16. The first-order valence-corrected chi connectivity index (χ1v) is 9.29. The van der Waals surface area contributed by atoms with E-state index in [9.17, 15) is 0 Å². The van der Waals surface area contributed by atoms with E-state index in [1.54, 1.807) is 7.11 Å². The SMILES string of the molecule is COc1cccc(CNc2ccc(C)c(Cl)c2)c1OCc1cccc(C)c1. The van der Waals surface area contributed by atoms with Crippen LogP contribution in [0.3, 0.4) is 0 Å². The molecular weight excluding hydrogens is 358 g/mol. The monoisotopic (exact) mass is 381 g/mol. The Hall–Kier alpha value is -2.65. The predicted molar refractivity (Wildman–Crippen MR) is 112 cm³/mol. The van der Waals surface area contributed by atoms with Crippen molar-refractivity contribution >= 4 is 17.3 Å². The summed E-state index contributed by atoms with van der Waals surface area (Å²) in [5, 5.41) is 4.16. The summed E-state index contributed by atoms with van der Waals surface area (Å²) in [7, 11) is 1.66. The Morgan fingerprint density at radius 1 is 0.963 bits per heavy atom. The van der Waals surface area contributed by atoms with Gasteiger partial charge in [-0.25, -0.2) is 0 Å².